The fourth-order valence-electron chi connectivity index (χ4n) is 3.16. The van der Waals surface area contributed by atoms with E-state index in [1.807, 2.05) is 17.5 Å². The molecule has 3 heterocycles. The smallest absolute Gasteiger partial charge is 0.257 e. The molecule has 0 aliphatic carbocycles. The van der Waals surface area contributed by atoms with E-state index in [0.717, 1.165) is 17.7 Å². The zero-order valence-corrected chi connectivity index (χ0v) is 16.4. The van der Waals surface area contributed by atoms with Gasteiger partial charge in [0.1, 0.15) is 5.75 Å². The van der Waals surface area contributed by atoms with E-state index in [-0.39, 0.29) is 10.8 Å². The van der Waals surface area contributed by atoms with Crippen LogP contribution in [0.5, 0.6) is 5.75 Å². The average Bonchev–Trinajstić information content (AvgIpc) is 3.40. The second-order valence-corrected chi connectivity index (χ2v) is 9.19. The predicted molar refractivity (Wildman–Crippen MR) is 101 cm³/mol. The van der Waals surface area contributed by atoms with E-state index in [0.29, 0.717) is 30.6 Å². The molecule has 0 amide bonds. The molecule has 142 valence electrons. The van der Waals surface area contributed by atoms with E-state index < -0.39 is 10.0 Å². The van der Waals surface area contributed by atoms with Crippen LogP contribution in [0, 0.1) is 0 Å². The molecule has 0 bridgehead atoms. The number of hydrogen-bond acceptors (Lipinski definition) is 7. The van der Waals surface area contributed by atoms with Gasteiger partial charge in [-0.3, -0.25) is 0 Å². The van der Waals surface area contributed by atoms with E-state index in [1.54, 1.807) is 31.4 Å². The van der Waals surface area contributed by atoms with Gasteiger partial charge in [-0.25, -0.2) is 8.42 Å². The van der Waals surface area contributed by atoms with Gasteiger partial charge in [0.15, 0.2) is 0 Å². The molecule has 4 rings (SSSR count). The SMILES string of the molecule is COc1ccc(S(=O)(=O)N2CCCC(c3nnc(-c4cccs4)o3)C2)cc1. The van der Waals surface area contributed by atoms with Crippen LogP contribution in [0.1, 0.15) is 24.7 Å². The van der Waals surface area contributed by atoms with Gasteiger partial charge in [0.05, 0.1) is 22.8 Å². The lowest BCUT2D eigenvalue weighted by molar-refractivity contribution is 0.286. The number of sulfonamides is 1. The Morgan fingerprint density at radius 1 is 1.22 bits per heavy atom. The van der Waals surface area contributed by atoms with Crippen LogP contribution in [0.2, 0.25) is 0 Å². The summed E-state index contributed by atoms with van der Waals surface area (Å²) < 4.78 is 38.4. The van der Waals surface area contributed by atoms with Gasteiger partial charge in [0.25, 0.3) is 5.89 Å². The van der Waals surface area contributed by atoms with Crippen LogP contribution in [0.3, 0.4) is 0 Å². The highest BCUT2D eigenvalue weighted by molar-refractivity contribution is 7.89. The van der Waals surface area contributed by atoms with Gasteiger partial charge in [-0.2, -0.15) is 4.31 Å². The first-order valence-electron chi connectivity index (χ1n) is 8.59. The molecular weight excluding hydrogens is 386 g/mol. The van der Waals surface area contributed by atoms with Gasteiger partial charge >= 0.3 is 0 Å². The molecule has 9 heteroatoms. The largest absolute Gasteiger partial charge is 0.497 e. The van der Waals surface area contributed by atoms with Crippen LogP contribution < -0.4 is 4.74 Å². The van der Waals surface area contributed by atoms with Crippen molar-refractivity contribution < 1.29 is 17.6 Å². The highest BCUT2D eigenvalue weighted by atomic mass is 32.2. The number of nitrogens with zero attached hydrogens (tertiary/aromatic N) is 3. The number of thiophene rings is 1. The van der Waals surface area contributed by atoms with Crippen molar-refractivity contribution in [3.63, 3.8) is 0 Å². The highest BCUT2D eigenvalue weighted by Crippen LogP contribution is 2.32. The average molecular weight is 406 g/mol. The highest BCUT2D eigenvalue weighted by Gasteiger charge is 2.33. The van der Waals surface area contributed by atoms with Crippen LogP contribution in [0.4, 0.5) is 0 Å². The zero-order valence-electron chi connectivity index (χ0n) is 14.7. The first kappa shape index (κ1) is 18.1. The summed E-state index contributed by atoms with van der Waals surface area (Å²) in [7, 11) is -2.03. The summed E-state index contributed by atoms with van der Waals surface area (Å²) in [6, 6.07) is 10.3. The first-order valence-corrected chi connectivity index (χ1v) is 10.9. The maximum Gasteiger partial charge on any atom is 0.257 e. The summed E-state index contributed by atoms with van der Waals surface area (Å²) in [4.78, 5) is 1.17. The number of piperidine rings is 1. The number of ether oxygens (including phenoxy) is 1. The van der Waals surface area contributed by atoms with Gasteiger partial charge in [-0.15, -0.1) is 21.5 Å². The van der Waals surface area contributed by atoms with Crippen LogP contribution in [-0.4, -0.2) is 43.1 Å². The van der Waals surface area contributed by atoms with E-state index in [4.69, 9.17) is 9.15 Å². The van der Waals surface area contributed by atoms with Crippen molar-refractivity contribution >= 4 is 21.4 Å². The number of benzene rings is 1. The molecule has 1 atom stereocenters. The predicted octanol–water partition coefficient (Wildman–Crippen LogP) is 3.38. The van der Waals surface area contributed by atoms with Crippen molar-refractivity contribution in [2.75, 3.05) is 20.2 Å². The standard InChI is InChI=1S/C18H19N3O4S2/c1-24-14-6-8-15(9-7-14)27(22,23)21-10-2-4-13(12-21)17-19-20-18(25-17)16-5-3-11-26-16/h3,5-9,11,13H,2,4,10,12H2,1H3. The normalized spacial score (nSPS) is 18.5. The molecule has 0 radical (unpaired) electrons. The molecule has 0 spiro atoms. The minimum atomic E-state index is -3.57. The van der Waals surface area contributed by atoms with Crippen LogP contribution in [0.15, 0.2) is 51.1 Å². The number of aromatic nitrogens is 2. The fourth-order valence-corrected chi connectivity index (χ4v) is 5.33. The Kier molecular flexibility index (Phi) is 4.98. The monoisotopic (exact) mass is 405 g/mol. The van der Waals surface area contributed by atoms with Crippen molar-refractivity contribution in [1.82, 2.24) is 14.5 Å². The molecule has 1 aromatic carbocycles. The van der Waals surface area contributed by atoms with Gasteiger partial charge < -0.3 is 9.15 Å². The van der Waals surface area contributed by atoms with E-state index in [9.17, 15) is 8.42 Å². The Balaban J connectivity index is 1.53. The summed E-state index contributed by atoms with van der Waals surface area (Å²) in [5, 5.41) is 10.2. The Morgan fingerprint density at radius 3 is 2.74 bits per heavy atom. The molecule has 2 aromatic heterocycles. The number of hydrogen-bond donors (Lipinski definition) is 0. The Morgan fingerprint density at radius 2 is 2.04 bits per heavy atom. The molecule has 7 nitrogen and oxygen atoms in total. The summed E-state index contributed by atoms with van der Waals surface area (Å²) in [6.45, 7) is 0.817. The lowest BCUT2D eigenvalue weighted by Gasteiger charge is -2.30. The summed E-state index contributed by atoms with van der Waals surface area (Å²) in [6.07, 6.45) is 1.57. The minimum Gasteiger partial charge on any atom is -0.497 e. The molecule has 1 aliphatic rings. The van der Waals surface area contributed by atoms with Crippen molar-refractivity contribution in [2.45, 2.75) is 23.7 Å². The molecule has 1 saturated heterocycles. The zero-order chi connectivity index (χ0) is 18.9. The molecular formula is C18H19N3O4S2. The van der Waals surface area contributed by atoms with E-state index in [1.165, 1.54) is 15.6 Å². The lowest BCUT2D eigenvalue weighted by atomic mass is 10.00. The third-order valence-electron chi connectivity index (χ3n) is 4.60. The quantitative estimate of drug-likeness (QED) is 0.647. The minimum absolute atomic E-state index is 0.104. The summed E-state index contributed by atoms with van der Waals surface area (Å²) in [5.41, 5.74) is 0. The van der Waals surface area contributed by atoms with Crippen molar-refractivity contribution in [3.8, 4) is 16.5 Å². The summed E-state index contributed by atoms with van der Waals surface area (Å²) in [5.74, 6) is 1.49. The molecule has 1 fully saturated rings. The molecule has 3 aromatic rings. The third-order valence-corrected chi connectivity index (χ3v) is 7.34. The first-order chi connectivity index (χ1) is 13.1. The van der Waals surface area contributed by atoms with Gasteiger partial charge in [0.2, 0.25) is 15.9 Å². The van der Waals surface area contributed by atoms with E-state index >= 15 is 0 Å². The maximum atomic E-state index is 13.0. The van der Waals surface area contributed by atoms with Crippen LogP contribution >= 0.6 is 11.3 Å². The van der Waals surface area contributed by atoms with Crippen molar-refractivity contribution in [2.24, 2.45) is 0 Å². The molecule has 0 saturated carbocycles. The van der Waals surface area contributed by atoms with Gasteiger partial charge in [-0.05, 0) is 48.6 Å². The Bertz CT molecular complexity index is 998. The van der Waals surface area contributed by atoms with Crippen molar-refractivity contribution in [1.29, 1.82) is 0 Å². The maximum absolute atomic E-state index is 13.0. The fraction of sp³-hybridized carbons (Fsp3) is 0.333. The Labute approximate surface area is 161 Å². The number of rotatable bonds is 5. The second kappa shape index (κ2) is 7.41. The second-order valence-electron chi connectivity index (χ2n) is 6.30. The molecule has 27 heavy (non-hydrogen) atoms. The number of methoxy groups -OCH3 is 1. The van der Waals surface area contributed by atoms with E-state index in [2.05, 4.69) is 10.2 Å². The molecule has 1 aliphatic heterocycles. The third kappa shape index (κ3) is 3.62. The molecule has 0 N–H and O–H groups in total. The van der Waals surface area contributed by atoms with Crippen LogP contribution in [0.25, 0.3) is 10.8 Å². The van der Waals surface area contributed by atoms with Crippen LogP contribution in [-0.2, 0) is 10.0 Å². The molecule has 1 unspecified atom stereocenters. The van der Waals surface area contributed by atoms with Crippen molar-refractivity contribution in [3.05, 3.63) is 47.7 Å². The topological polar surface area (TPSA) is 85.5 Å². The Hall–Kier alpha value is -2.23. The van der Waals surface area contributed by atoms with Gasteiger partial charge in [-0.1, -0.05) is 6.07 Å². The summed E-state index contributed by atoms with van der Waals surface area (Å²) >= 11 is 1.53. The van der Waals surface area contributed by atoms with Gasteiger partial charge in [0, 0.05) is 13.1 Å². The lowest BCUT2D eigenvalue weighted by Crippen LogP contribution is -2.39.